The predicted octanol–water partition coefficient (Wildman–Crippen LogP) is 1.50. The lowest BCUT2D eigenvalue weighted by Crippen LogP contribution is -2.49. The monoisotopic (exact) mass is 369 g/mol. The summed E-state index contributed by atoms with van der Waals surface area (Å²) in [6.07, 6.45) is 3.18. The van der Waals surface area contributed by atoms with Crippen LogP contribution in [0.5, 0.6) is 0 Å². The second kappa shape index (κ2) is 5.73. The van der Waals surface area contributed by atoms with Gasteiger partial charge in [-0.3, -0.25) is 4.79 Å². The van der Waals surface area contributed by atoms with E-state index in [4.69, 9.17) is 5.11 Å². The molecule has 106 valence electrons. The Balaban J connectivity index is 2.19. The molecule has 0 spiro atoms. The van der Waals surface area contributed by atoms with Gasteiger partial charge in [-0.25, -0.2) is 9.71 Å². The van der Waals surface area contributed by atoms with Crippen molar-refractivity contribution in [2.45, 2.75) is 25.3 Å². The Bertz CT molecular complexity index is 574. The van der Waals surface area contributed by atoms with Crippen LogP contribution in [0.15, 0.2) is 9.98 Å². The number of carbonyl (C=O) groups is 1. The summed E-state index contributed by atoms with van der Waals surface area (Å²) in [5.74, 6) is -1.12. The molecular weight excluding hydrogens is 358 g/mol. The van der Waals surface area contributed by atoms with Crippen LogP contribution in [0, 0.1) is 0 Å². The van der Waals surface area contributed by atoms with Gasteiger partial charge in [0.25, 0.3) is 0 Å². The molecule has 0 saturated carbocycles. The van der Waals surface area contributed by atoms with Crippen molar-refractivity contribution in [1.82, 2.24) is 9.29 Å². The van der Waals surface area contributed by atoms with Gasteiger partial charge >= 0.3 is 16.2 Å². The van der Waals surface area contributed by atoms with E-state index in [1.54, 1.807) is 0 Å². The number of aromatic nitrogens is 1. The normalized spacial score (nSPS) is 21.2. The van der Waals surface area contributed by atoms with Crippen LogP contribution in [0.25, 0.3) is 0 Å². The first-order valence-corrected chi connectivity index (χ1v) is 8.59. The molecule has 1 unspecified atom stereocenters. The molecule has 1 aliphatic rings. The summed E-state index contributed by atoms with van der Waals surface area (Å²) in [5, 5.41) is 9.30. The molecule has 1 saturated heterocycles. The first-order valence-electron chi connectivity index (χ1n) is 5.54. The van der Waals surface area contributed by atoms with Crippen LogP contribution < -0.4 is 4.72 Å². The molecule has 0 amide bonds. The third-order valence-corrected chi connectivity index (χ3v) is 5.77. The second-order valence-electron chi connectivity index (χ2n) is 4.04. The molecule has 1 atom stereocenters. The van der Waals surface area contributed by atoms with Crippen molar-refractivity contribution in [1.29, 1.82) is 0 Å². The molecule has 0 radical (unpaired) electrons. The van der Waals surface area contributed by atoms with Crippen LogP contribution in [0.1, 0.15) is 19.3 Å². The maximum absolute atomic E-state index is 12.2. The highest BCUT2D eigenvalue weighted by Crippen LogP contribution is 2.26. The molecule has 1 aromatic rings. The molecule has 19 heavy (non-hydrogen) atoms. The minimum Gasteiger partial charge on any atom is -0.480 e. The van der Waals surface area contributed by atoms with Gasteiger partial charge in [0.1, 0.15) is 6.04 Å². The number of rotatable bonds is 4. The topological polar surface area (TPSA) is 99.6 Å². The lowest BCUT2D eigenvalue weighted by atomic mass is 10.1. The summed E-state index contributed by atoms with van der Waals surface area (Å²) in [7, 11) is -3.89. The summed E-state index contributed by atoms with van der Waals surface area (Å²) in [4.78, 5) is 15.0. The zero-order valence-electron chi connectivity index (χ0n) is 9.74. The van der Waals surface area contributed by atoms with Gasteiger partial charge in [-0.1, -0.05) is 11.3 Å². The van der Waals surface area contributed by atoms with Crippen molar-refractivity contribution in [3.63, 3.8) is 0 Å². The maximum Gasteiger partial charge on any atom is 0.322 e. The summed E-state index contributed by atoms with van der Waals surface area (Å²) < 4.78 is 28.4. The minimum atomic E-state index is -3.89. The average Bonchev–Trinajstić information content (AvgIpc) is 2.74. The number of hydrogen-bond acceptors (Lipinski definition) is 5. The number of thiazole rings is 1. The van der Waals surface area contributed by atoms with Gasteiger partial charge in [-0.15, -0.1) is 0 Å². The smallest absolute Gasteiger partial charge is 0.322 e. The van der Waals surface area contributed by atoms with Gasteiger partial charge in [0.15, 0.2) is 5.13 Å². The van der Waals surface area contributed by atoms with Crippen LogP contribution >= 0.6 is 27.3 Å². The number of aliphatic carboxylic acids is 1. The Morgan fingerprint density at radius 2 is 2.32 bits per heavy atom. The third-order valence-electron chi connectivity index (χ3n) is 2.74. The first-order chi connectivity index (χ1) is 8.90. The lowest BCUT2D eigenvalue weighted by molar-refractivity contribution is -0.142. The lowest BCUT2D eigenvalue weighted by Gasteiger charge is -2.31. The van der Waals surface area contributed by atoms with E-state index in [2.05, 4.69) is 25.6 Å². The molecule has 1 aliphatic heterocycles. The highest BCUT2D eigenvalue weighted by molar-refractivity contribution is 9.11. The van der Waals surface area contributed by atoms with Gasteiger partial charge in [0, 0.05) is 6.54 Å². The average molecular weight is 370 g/mol. The van der Waals surface area contributed by atoms with Crippen molar-refractivity contribution in [3.05, 3.63) is 9.98 Å². The fourth-order valence-electron chi connectivity index (χ4n) is 1.91. The van der Waals surface area contributed by atoms with Crippen LogP contribution in [0.3, 0.4) is 0 Å². The number of nitrogens with zero attached hydrogens (tertiary/aromatic N) is 2. The number of piperidine rings is 1. The number of nitrogens with one attached hydrogen (secondary N) is 1. The predicted molar refractivity (Wildman–Crippen MR) is 74.3 cm³/mol. The maximum atomic E-state index is 12.2. The Labute approximate surface area is 123 Å². The molecule has 7 nitrogen and oxygen atoms in total. The molecule has 10 heteroatoms. The van der Waals surface area contributed by atoms with E-state index in [0.29, 0.717) is 23.0 Å². The van der Waals surface area contributed by atoms with Crippen LogP contribution in [0.4, 0.5) is 5.13 Å². The fraction of sp³-hybridized carbons (Fsp3) is 0.556. The zero-order chi connectivity index (χ0) is 14.0. The number of carboxylic acids is 1. The first kappa shape index (κ1) is 14.7. The Hall–Kier alpha value is -0.710. The van der Waals surface area contributed by atoms with Crippen LogP contribution in [-0.4, -0.2) is 41.4 Å². The van der Waals surface area contributed by atoms with Crippen molar-refractivity contribution < 1.29 is 18.3 Å². The molecule has 2 rings (SSSR count). The highest BCUT2D eigenvalue weighted by Gasteiger charge is 2.37. The van der Waals surface area contributed by atoms with E-state index in [1.165, 1.54) is 6.20 Å². The Kier molecular flexibility index (Phi) is 4.43. The van der Waals surface area contributed by atoms with E-state index >= 15 is 0 Å². The number of anilines is 1. The van der Waals surface area contributed by atoms with Gasteiger partial charge in [0.2, 0.25) is 0 Å². The van der Waals surface area contributed by atoms with E-state index in [9.17, 15) is 13.2 Å². The number of hydrogen-bond donors (Lipinski definition) is 2. The van der Waals surface area contributed by atoms with Crippen LogP contribution in [-0.2, 0) is 15.0 Å². The van der Waals surface area contributed by atoms with E-state index < -0.39 is 22.2 Å². The summed E-state index contributed by atoms with van der Waals surface area (Å²) in [6, 6.07) is -1.00. The third kappa shape index (κ3) is 3.44. The molecule has 2 heterocycles. The van der Waals surface area contributed by atoms with Gasteiger partial charge in [-0.2, -0.15) is 12.7 Å². The molecule has 0 aliphatic carbocycles. The van der Waals surface area contributed by atoms with Crippen molar-refractivity contribution >= 4 is 48.6 Å². The summed E-state index contributed by atoms with van der Waals surface area (Å²) in [6.45, 7) is 0.207. The van der Waals surface area contributed by atoms with Crippen molar-refractivity contribution in [2.75, 3.05) is 11.3 Å². The van der Waals surface area contributed by atoms with E-state index in [-0.39, 0.29) is 11.7 Å². The van der Waals surface area contributed by atoms with E-state index in [0.717, 1.165) is 15.6 Å². The Morgan fingerprint density at radius 1 is 1.58 bits per heavy atom. The van der Waals surface area contributed by atoms with Crippen LogP contribution in [0.2, 0.25) is 0 Å². The standard InChI is InChI=1S/C9H12BrN3O4S2/c10-7-5-11-9(18-7)12-19(16,17)13-4-2-1-3-6(13)8(14)15/h5-6H,1-4H2,(H,11,12)(H,14,15). The number of carboxylic acid groups (broad SMARTS) is 1. The highest BCUT2D eigenvalue weighted by atomic mass is 79.9. The molecule has 0 bridgehead atoms. The van der Waals surface area contributed by atoms with Crippen molar-refractivity contribution in [2.24, 2.45) is 0 Å². The SMILES string of the molecule is O=C(O)C1CCCCN1S(=O)(=O)Nc1ncc(Br)s1. The second-order valence-corrected chi connectivity index (χ2v) is 8.07. The molecule has 2 N–H and O–H groups in total. The molecular formula is C9H12BrN3O4S2. The van der Waals surface area contributed by atoms with Gasteiger partial charge in [-0.05, 0) is 35.2 Å². The largest absolute Gasteiger partial charge is 0.480 e. The number of halogens is 1. The van der Waals surface area contributed by atoms with Gasteiger partial charge in [0.05, 0.1) is 9.98 Å². The van der Waals surface area contributed by atoms with Crippen molar-refractivity contribution in [3.8, 4) is 0 Å². The van der Waals surface area contributed by atoms with Gasteiger partial charge < -0.3 is 5.11 Å². The molecule has 1 fully saturated rings. The summed E-state index contributed by atoms with van der Waals surface area (Å²) in [5.41, 5.74) is 0. The fourth-order valence-corrected chi connectivity index (χ4v) is 4.64. The Morgan fingerprint density at radius 3 is 2.89 bits per heavy atom. The van der Waals surface area contributed by atoms with E-state index in [1.807, 2.05) is 0 Å². The quantitative estimate of drug-likeness (QED) is 0.837. The molecule has 1 aromatic heterocycles. The zero-order valence-corrected chi connectivity index (χ0v) is 13.0. The summed E-state index contributed by atoms with van der Waals surface area (Å²) >= 11 is 4.31. The minimum absolute atomic E-state index is 0.207. The molecule has 0 aromatic carbocycles.